The van der Waals surface area contributed by atoms with E-state index in [1.165, 1.54) is 10.6 Å². The highest BCUT2D eigenvalue weighted by Crippen LogP contribution is 2.46. The number of aromatic hydroxyl groups is 1. The van der Waals surface area contributed by atoms with Crippen LogP contribution in [0.1, 0.15) is 37.9 Å². The van der Waals surface area contributed by atoms with Crippen molar-refractivity contribution in [2.24, 2.45) is 0 Å². The third-order valence-electron chi connectivity index (χ3n) is 8.27. The number of pyridine rings is 2. The second-order valence-corrected chi connectivity index (χ2v) is 11.8. The molecule has 5 heterocycles. The summed E-state index contributed by atoms with van der Waals surface area (Å²) < 4.78 is 31.1. The lowest BCUT2D eigenvalue weighted by atomic mass is 10.0. The highest BCUT2D eigenvalue weighted by atomic mass is 35.5. The van der Waals surface area contributed by atoms with E-state index in [9.17, 15) is 19.1 Å². The van der Waals surface area contributed by atoms with E-state index >= 15 is 4.39 Å². The number of benzene rings is 1. The molecule has 2 atom stereocenters. The summed E-state index contributed by atoms with van der Waals surface area (Å²) in [6, 6.07) is 3.00. The first-order valence-electron chi connectivity index (χ1n) is 14.2. The molecule has 0 spiro atoms. The lowest BCUT2D eigenvalue weighted by Gasteiger charge is -2.45. The molecule has 0 radical (unpaired) electrons. The zero-order valence-corrected chi connectivity index (χ0v) is 25.3. The van der Waals surface area contributed by atoms with Crippen molar-refractivity contribution in [3.63, 3.8) is 0 Å². The standard InChI is InChI=1S/C31H30ClF2N7O3/c1-6-20(43)39-13-17-11-36-26-22-29(40(17)12-16(39)5)38-31(44)41(28-15(4)9-10-35-25(28)14(2)3)30(22)37-27(23(26)32)21-19(42)8-7-18(33)24(21)34/h6-10,14,16-17,36,42H,1,11-13H2,2-5H3. The molecule has 4 aromatic rings. The Balaban J connectivity index is 1.73. The minimum Gasteiger partial charge on any atom is -0.507 e. The SMILES string of the molecule is C=CC(=O)N1CC2CNc3c(Cl)c(-c4c(O)ccc(F)c4F)nc4c3c(nc(=O)n4-c3c(C)ccnc3C(C)C)N2CC1C. The van der Waals surface area contributed by atoms with E-state index in [0.29, 0.717) is 41.2 Å². The summed E-state index contributed by atoms with van der Waals surface area (Å²) in [5.74, 6) is -3.15. The number of carbonyl (C=O) groups is 1. The zero-order chi connectivity index (χ0) is 31.6. The molecule has 0 aliphatic carbocycles. The molecular weight excluding hydrogens is 592 g/mol. The summed E-state index contributed by atoms with van der Waals surface area (Å²) in [4.78, 5) is 44.2. The van der Waals surface area contributed by atoms with Crippen molar-refractivity contribution in [2.75, 3.05) is 29.9 Å². The van der Waals surface area contributed by atoms with Gasteiger partial charge in [0, 0.05) is 31.9 Å². The number of aromatic nitrogens is 4. The van der Waals surface area contributed by atoms with Gasteiger partial charge in [-0.25, -0.2) is 23.1 Å². The number of anilines is 2. The molecule has 2 unspecified atom stereocenters. The minimum absolute atomic E-state index is 0.0702. The van der Waals surface area contributed by atoms with Gasteiger partial charge in [0.1, 0.15) is 17.3 Å². The summed E-state index contributed by atoms with van der Waals surface area (Å²) in [5.41, 5.74) is 0.657. The Kier molecular flexibility index (Phi) is 7.27. The van der Waals surface area contributed by atoms with Crippen LogP contribution in [0.25, 0.3) is 28.0 Å². The molecule has 228 valence electrons. The summed E-state index contributed by atoms with van der Waals surface area (Å²) in [6.07, 6.45) is 2.91. The number of phenolic OH excluding ortho intramolecular Hbond substituents is 1. The average Bonchev–Trinajstić information content (AvgIpc) is 3.14. The molecule has 13 heteroatoms. The smallest absolute Gasteiger partial charge is 0.355 e. The fourth-order valence-corrected chi connectivity index (χ4v) is 6.42. The largest absolute Gasteiger partial charge is 0.507 e. The lowest BCUT2D eigenvalue weighted by Crippen LogP contribution is -2.60. The molecule has 10 nitrogen and oxygen atoms in total. The first-order valence-corrected chi connectivity index (χ1v) is 14.5. The number of nitrogens with one attached hydrogen (secondary N) is 1. The van der Waals surface area contributed by atoms with E-state index < -0.39 is 28.6 Å². The van der Waals surface area contributed by atoms with Crippen LogP contribution in [0.15, 0.2) is 41.8 Å². The number of hydrogen-bond donors (Lipinski definition) is 2. The number of rotatable bonds is 4. The summed E-state index contributed by atoms with van der Waals surface area (Å²) in [7, 11) is 0. The number of piperazine rings is 1. The second kappa shape index (κ2) is 10.8. The van der Waals surface area contributed by atoms with Gasteiger partial charge in [0.2, 0.25) is 5.91 Å². The molecular formula is C31H30ClF2N7O3. The fraction of sp³-hybridized carbons (Fsp3) is 0.323. The number of phenols is 1. The number of carbonyl (C=O) groups excluding carboxylic acids is 1. The van der Waals surface area contributed by atoms with Crippen molar-refractivity contribution in [2.45, 2.75) is 45.7 Å². The molecule has 3 aromatic heterocycles. The molecule has 1 saturated heterocycles. The van der Waals surface area contributed by atoms with Gasteiger partial charge in [-0.05, 0) is 49.6 Å². The first kappa shape index (κ1) is 29.5. The summed E-state index contributed by atoms with van der Waals surface area (Å²) >= 11 is 6.93. The van der Waals surface area contributed by atoms with Crippen molar-refractivity contribution >= 4 is 40.0 Å². The number of halogens is 3. The third-order valence-corrected chi connectivity index (χ3v) is 8.63. The van der Waals surface area contributed by atoms with Crippen LogP contribution in [-0.4, -0.2) is 67.2 Å². The van der Waals surface area contributed by atoms with Crippen LogP contribution in [-0.2, 0) is 4.79 Å². The van der Waals surface area contributed by atoms with Crippen molar-refractivity contribution in [1.29, 1.82) is 0 Å². The topological polar surface area (TPSA) is 116 Å². The van der Waals surface area contributed by atoms with Crippen molar-refractivity contribution < 1.29 is 18.7 Å². The number of fused-ring (bicyclic) bond motifs is 2. The highest BCUT2D eigenvalue weighted by molar-refractivity contribution is 6.37. The van der Waals surface area contributed by atoms with Gasteiger partial charge in [-0.15, -0.1) is 0 Å². The zero-order valence-electron chi connectivity index (χ0n) is 24.5. The van der Waals surface area contributed by atoms with Gasteiger partial charge in [-0.3, -0.25) is 9.78 Å². The predicted octanol–water partition coefficient (Wildman–Crippen LogP) is 4.93. The van der Waals surface area contributed by atoms with Crippen LogP contribution < -0.4 is 15.9 Å². The normalized spacial score (nSPS) is 17.8. The van der Waals surface area contributed by atoms with Gasteiger partial charge in [0.15, 0.2) is 17.3 Å². The molecule has 0 bridgehead atoms. The Morgan fingerprint density at radius 1 is 1.23 bits per heavy atom. The first-order chi connectivity index (χ1) is 20.9. The molecule has 2 aliphatic rings. The second-order valence-electron chi connectivity index (χ2n) is 11.4. The number of hydrogen-bond acceptors (Lipinski definition) is 8. The summed E-state index contributed by atoms with van der Waals surface area (Å²) in [5, 5.41) is 14.3. The molecule has 6 rings (SSSR count). The summed E-state index contributed by atoms with van der Waals surface area (Å²) in [6.45, 7) is 12.1. The van der Waals surface area contributed by atoms with Crippen LogP contribution in [0.2, 0.25) is 5.02 Å². The minimum atomic E-state index is -1.34. The number of aryl methyl sites for hydroxylation is 1. The van der Waals surface area contributed by atoms with Gasteiger partial charge < -0.3 is 20.2 Å². The molecule has 2 N–H and O–H groups in total. The van der Waals surface area contributed by atoms with Crippen LogP contribution in [0.5, 0.6) is 5.75 Å². The Morgan fingerprint density at radius 2 is 1.98 bits per heavy atom. The predicted molar refractivity (Wildman–Crippen MR) is 165 cm³/mol. The number of nitrogens with zero attached hydrogens (tertiary/aromatic N) is 6. The van der Waals surface area contributed by atoms with Gasteiger partial charge in [-0.1, -0.05) is 32.0 Å². The average molecular weight is 622 g/mol. The maximum atomic E-state index is 15.3. The van der Waals surface area contributed by atoms with Crippen LogP contribution in [0, 0.1) is 18.6 Å². The molecule has 44 heavy (non-hydrogen) atoms. The fourth-order valence-electron chi connectivity index (χ4n) is 6.12. The van der Waals surface area contributed by atoms with E-state index in [1.807, 2.05) is 32.6 Å². The maximum Gasteiger partial charge on any atom is 0.355 e. The Bertz CT molecular complexity index is 1930. The van der Waals surface area contributed by atoms with E-state index in [2.05, 4.69) is 21.9 Å². The monoisotopic (exact) mass is 621 g/mol. The lowest BCUT2D eigenvalue weighted by molar-refractivity contribution is -0.128. The van der Waals surface area contributed by atoms with Crippen LogP contribution >= 0.6 is 11.6 Å². The van der Waals surface area contributed by atoms with Crippen molar-refractivity contribution in [3.8, 4) is 22.7 Å². The Morgan fingerprint density at radius 3 is 2.68 bits per heavy atom. The van der Waals surface area contributed by atoms with Gasteiger partial charge in [0.25, 0.3) is 0 Å². The van der Waals surface area contributed by atoms with E-state index in [4.69, 9.17) is 16.6 Å². The maximum absolute atomic E-state index is 15.3. The van der Waals surface area contributed by atoms with E-state index in [0.717, 1.165) is 12.1 Å². The molecule has 0 saturated carbocycles. The van der Waals surface area contributed by atoms with Gasteiger partial charge in [0.05, 0.1) is 39.1 Å². The van der Waals surface area contributed by atoms with Gasteiger partial charge >= 0.3 is 5.69 Å². The number of amides is 1. The third kappa shape index (κ3) is 4.47. The molecule has 1 fully saturated rings. The highest BCUT2D eigenvalue weighted by Gasteiger charge is 2.39. The molecule has 1 aromatic carbocycles. The van der Waals surface area contributed by atoms with E-state index in [-0.39, 0.29) is 52.5 Å². The quantitative estimate of drug-likeness (QED) is 0.308. The molecule has 2 aliphatic heterocycles. The molecule has 1 amide bonds. The van der Waals surface area contributed by atoms with Crippen molar-refractivity contribution in [3.05, 3.63) is 75.4 Å². The Labute approximate surface area is 256 Å². The Hall–Kier alpha value is -4.58. The van der Waals surface area contributed by atoms with Crippen LogP contribution in [0.3, 0.4) is 0 Å². The van der Waals surface area contributed by atoms with Crippen LogP contribution in [0.4, 0.5) is 20.3 Å². The van der Waals surface area contributed by atoms with Crippen molar-refractivity contribution in [1.82, 2.24) is 24.4 Å². The van der Waals surface area contributed by atoms with Gasteiger partial charge in [-0.2, -0.15) is 4.98 Å². The van der Waals surface area contributed by atoms with E-state index in [1.54, 1.807) is 17.2 Å².